The van der Waals surface area contributed by atoms with Crippen molar-refractivity contribution in [2.45, 2.75) is 38.8 Å². The fourth-order valence-electron chi connectivity index (χ4n) is 4.68. The molecular formula is C28H30N4O. The van der Waals surface area contributed by atoms with Crippen LogP contribution in [0.5, 0.6) is 0 Å². The summed E-state index contributed by atoms with van der Waals surface area (Å²) in [6, 6.07) is 26.8. The van der Waals surface area contributed by atoms with Crippen LogP contribution in [0, 0.1) is 0 Å². The highest BCUT2D eigenvalue weighted by Crippen LogP contribution is 2.22. The maximum Gasteiger partial charge on any atom is 0.220 e. The number of nitrogens with one attached hydrogen (secondary N) is 1. The Hall–Kier alpha value is -3.44. The summed E-state index contributed by atoms with van der Waals surface area (Å²) in [7, 11) is 0. The highest BCUT2D eigenvalue weighted by Gasteiger charge is 2.15. The normalized spacial score (nSPS) is 14.1. The first-order valence-corrected chi connectivity index (χ1v) is 11.9. The van der Waals surface area contributed by atoms with Crippen LogP contribution in [0.15, 0.2) is 78.9 Å². The molecule has 0 radical (unpaired) electrons. The number of fused-ring (bicyclic) bond motifs is 1. The fraction of sp³-hybridized carbons (Fsp3) is 0.286. The van der Waals surface area contributed by atoms with Crippen molar-refractivity contribution in [1.82, 2.24) is 19.8 Å². The number of amides is 1. The molecule has 0 saturated carbocycles. The van der Waals surface area contributed by atoms with Crippen molar-refractivity contribution in [2.75, 3.05) is 13.1 Å². The van der Waals surface area contributed by atoms with Gasteiger partial charge in [-0.05, 0) is 61.3 Å². The summed E-state index contributed by atoms with van der Waals surface area (Å²) in [5, 5.41) is 3.13. The second-order valence-corrected chi connectivity index (χ2v) is 8.72. The number of likely N-dealkylation sites (tertiary alicyclic amines) is 1. The zero-order valence-corrected chi connectivity index (χ0v) is 18.9. The lowest BCUT2D eigenvalue weighted by atomic mass is 10.1. The Bertz CT molecular complexity index is 1230. The lowest BCUT2D eigenvalue weighted by Crippen LogP contribution is -2.25. The Labute approximate surface area is 195 Å². The lowest BCUT2D eigenvalue weighted by Gasteiger charge is -2.17. The number of aromatic nitrogens is 2. The molecule has 0 atom stereocenters. The Morgan fingerprint density at radius 1 is 0.848 bits per heavy atom. The molecule has 0 spiro atoms. The molecule has 168 valence electrons. The lowest BCUT2D eigenvalue weighted by molar-refractivity contribution is -0.121. The van der Waals surface area contributed by atoms with Crippen LogP contribution in [0.3, 0.4) is 0 Å². The second kappa shape index (κ2) is 10.0. The van der Waals surface area contributed by atoms with Crippen LogP contribution < -0.4 is 5.32 Å². The number of carbonyl (C=O) groups is 1. The summed E-state index contributed by atoms with van der Waals surface area (Å²) in [5.41, 5.74) is 5.60. The number of rotatable bonds is 8. The fourth-order valence-corrected chi connectivity index (χ4v) is 4.68. The van der Waals surface area contributed by atoms with E-state index in [0.717, 1.165) is 29.1 Å². The molecule has 1 aliphatic rings. The number of hydrogen-bond donors (Lipinski definition) is 1. The predicted octanol–water partition coefficient (Wildman–Crippen LogP) is 4.87. The molecule has 1 aliphatic heterocycles. The SMILES string of the molecule is O=C(CCc1nc2ccccc2n1-c1ccccc1)NCc1ccccc1CN1CCCC1. The Morgan fingerprint density at radius 2 is 1.55 bits per heavy atom. The molecule has 1 saturated heterocycles. The Balaban J connectivity index is 1.25. The molecule has 1 aromatic heterocycles. The molecule has 5 nitrogen and oxygen atoms in total. The van der Waals surface area contributed by atoms with Crippen molar-refractivity contribution in [3.05, 3.63) is 95.8 Å². The third kappa shape index (κ3) is 4.99. The summed E-state index contributed by atoms with van der Waals surface area (Å²) < 4.78 is 2.16. The Morgan fingerprint density at radius 3 is 2.36 bits per heavy atom. The summed E-state index contributed by atoms with van der Waals surface area (Å²) in [6.07, 6.45) is 3.56. The zero-order chi connectivity index (χ0) is 22.5. The summed E-state index contributed by atoms with van der Waals surface area (Å²) >= 11 is 0. The van der Waals surface area contributed by atoms with Crippen LogP contribution >= 0.6 is 0 Å². The molecule has 2 heterocycles. The average Bonchev–Trinajstić information content (AvgIpc) is 3.50. The van der Waals surface area contributed by atoms with E-state index in [0.29, 0.717) is 19.4 Å². The van der Waals surface area contributed by atoms with Gasteiger partial charge in [0.15, 0.2) is 0 Å². The van der Waals surface area contributed by atoms with Gasteiger partial charge in [0, 0.05) is 31.6 Å². The van der Waals surface area contributed by atoms with Crippen molar-refractivity contribution in [3.63, 3.8) is 0 Å². The standard InChI is InChI=1S/C28H30N4O/c33-28(29-20-22-10-4-5-11-23(22)21-31-18-8-9-19-31)17-16-27-30-25-14-6-7-15-26(25)32(27)24-12-2-1-3-13-24/h1-7,10-15H,8-9,16-21H2,(H,29,33). The molecule has 1 amide bonds. The molecule has 5 rings (SSSR count). The number of para-hydroxylation sites is 3. The van der Waals surface area contributed by atoms with E-state index in [-0.39, 0.29) is 5.91 Å². The largest absolute Gasteiger partial charge is 0.352 e. The van der Waals surface area contributed by atoms with Gasteiger partial charge in [-0.25, -0.2) is 4.98 Å². The smallest absolute Gasteiger partial charge is 0.220 e. The van der Waals surface area contributed by atoms with Crippen LogP contribution in [-0.4, -0.2) is 33.4 Å². The number of hydrogen-bond acceptors (Lipinski definition) is 3. The molecule has 4 aromatic rings. The van der Waals surface area contributed by atoms with Crippen molar-refractivity contribution >= 4 is 16.9 Å². The van der Waals surface area contributed by atoms with Gasteiger partial charge in [-0.3, -0.25) is 14.3 Å². The van der Waals surface area contributed by atoms with Gasteiger partial charge < -0.3 is 5.32 Å². The number of carbonyl (C=O) groups excluding carboxylic acids is 1. The minimum Gasteiger partial charge on any atom is -0.352 e. The van der Waals surface area contributed by atoms with E-state index in [1.54, 1.807) is 0 Å². The molecule has 1 fully saturated rings. The van der Waals surface area contributed by atoms with E-state index in [2.05, 4.69) is 57.2 Å². The number of nitrogens with zero attached hydrogens (tertiary/aromatic N) is 3. The Kier molecular flexibility index (Phi) is 6.49. The first kappa shape index (κ1) is 21.4. The van der Waals surface area contributed by atoms with Gasteiger partial charge in [-0.15, -0.1) is 0 Å². The first-order valence-electron chi connectivity index (χ1n) is 11.9. The van der Waals surface area contributed by atoms with Gasteiger partial charge >= 0.3 is 0 Å². The monoisotopic (exact) mass is 438 g/mol. The van der Waals surface area contributed by atoms with Crippen molar-refractivity contribution in [2.24, 2.45) is 0 Å². The number of aryl methyl sites for hydroxylation is 1. The average molecular weight is 439 g/mol. The molecule has 5 heteroatoms. The topological polar surface area (TPSA) is 50.2 Å². The van der Waals surface area contributed by atoms with Gasteiger partial charge in [0.2, 0.25) is 5.91 Å². The van der Waals surface area contributed by atoms with Gasteiger partial charge in [0.25, 0.3) is 0 Å². The minimum atomic E-state index is 0.0534. The predicted molar refractivity (Wildman–Crippen MR) is 132 cm³/mol. The van der Waals surface area contributed by atoms with Crippen LogP contribution in [0.1, 0.15) is 36.2 Å². The molecule has 1 N–H and O–H groups in total. The van der Waals surface area contributed by atoms with Crippen LogP contribution in [0.4, 0.5) is 0 Å². The van der Waals surface area contributed by atoms with Crippen molar-refractivity contribution in [3.8, 4) is 5.69 Å². The third-order valence-electron chi connectivity index (χ3n) is 6.41. The van der Waals surface area contributed by atoms with Crippen LogP contribution in [0.2, 0.25) is 0 Å². The molecule has 0 aliphatic carbocycles. The summed E-state index contributed by atoms with van der Waals surface area (Å²) in [4.78, 5) is 20.1. The third-order valence-corrected chi connectivity index (χ3v) is 6.41. The van der Waals surface area contributed by atoms with Crippen LogP contribution in [0.25, 0.3) is 16.7 Å². The zero-order valence-electron chi connectivity index (χ0n) is 18.9. The molecule has 3 aromatic carbocycles. The van der Waals surface area contributed by atoms with Gasteiger partial charge in [0.05, 0.1) is 11.0 Å². The molecule has 0 unspecified atom stereocenters. The number of benzene rings is 3. The van der Waals surface area contributed by atoms with Crippen molar-refractivity contribution < 1.29 is 4.79 Å². The van der Waals surface area contributed by atoms with E-state index in [9.17, 15) is 4.79 Å². The highest BCUT2D eigenvalue weighted by atomic mass is 16.1. The van der Waals surface area contributed by atoms with Crippen molar-refractivity contribution in [1.29, 1.82) is 0 Å². The maximum atomic E-state index is 12.7. The van der Waals surface area contributed by atoms with Gasteiger partial charge in [0.1, 0.15) is 5.82 Å². The molecule has 33 heavy (non-hydrogen) atoms. The van der Waals surface area contributed by atoms with Gasteiger partial charge in [-0.2, -0.15) is 0 Å². The van der Waals surface area contributed by atoms with Crippen LogP contribution in [-0.2, 0) is 24.3 Å². The van der Waals surface area contributed by atoms with E-state index in [1.807, 2.05) is 36.4 Å². The van der Waals surface area contributed by atoms with E-state index in [4.69, 9.17) is 4.98 Å². The molecule has 0 bridgehead atoms. The quantitative estimate of drug-likeness (QED) is 0.427. The maximum absolute atomic E-state index is 12.7. The van der Waals surface area contributed by atoms with Gasteiger partial charge in [-0.1, -0.05) is 54.6 Å². The number of imidazole rings is 1. The molecular weight excluding hydrogens is 408 g/mol. The van der Waals surface area contributed by atoms with E-state index >= 15 is 0 Å². The van der Waals surface area contributed by atoms with E-state index < -0.39 is 0 Å². The summed E-state index contributed by atoms with van der Waals surface area (Å²) in [6.45, 7) is 3.87. The highest BCUT2D eigenvalue weighted by molar-refractivity contribution is 5.79. The minimum absolute atomic E-state index is 0.0534. The summed E-state index contributed by atoms with van der Waals surface area (Å²) in [5.74, 6) is 0.963. The first-order chi connectivity index (χ1) is 16.3. The second-order valence-electron chi connectivity index (χ2n) is 8.72. The van der Waals surface area contributed by atoms with E-state index in [1.165, 1.54) is 37.1 Å².